The summed E-state index contributed by atoms with van der Waals surface area (Å²) in [6, 6.07) is 28.6. The number of hydrogen-bond acceptors (Lipinski definition) is 4. The zero-order chi connectivity index (χ0) is 24.9. The lowest BCUT2D eigenvalue weighted by atomic mass is 9.85. The third-order valence-electron chi connectivity index (χ3n) is 6.23. The highest BCUT2D eigenvalue weighted by atomic mass is 16.6. The molecule has 3 aromatic carbocycles. The molecule has 1 aliphatic heterocycles. The van der Waals surface area contributed by atoms with Gasteiger partial charge in [0.1, 0.15) is 11.2 Å². The molecule has 1 unspecified atom stereocenters. The lowest BCUT2D eigenvalue weighted by Crippen LogP contribution is -2.50. The van der Waals surface area contributed by atoms with Gasteiger partial charge in [0.25, 0.3) is 0 Å². The minimum atomic E-state index is -0.570. The van der Waals surface area contributed by atoms with Gasteiger partial charge in [0.05, 0.1) is 17.9 Å². The average Bonchev–Trinajstić information content (AvgIpc) is 2.87. The van der Waals surface area contributed by atoms with E-state index in [1.807, 2.05) is 69.3 Å². The first-order chi connectivity index (χ1) is 16.8. The Hall–Kier alpha value is -3.44. The predicted molar refractivity (Wildman–Crippen MR) is 140 cm³/mol. The summed E-state index contributed by atoms with van der Waals surface area (Å²) >= 11 is 0. The molecular weight excluding hydrogens is 436 g/mol. The number of aliphatic imine (C=N–C) groups is 1. The largest absolute Gasteiger partial charge is 0.444 e. The number of nitrogens with zero attached hydrogens (tertiary/aromatic N) is 2. The van der Waals surface area contributed by atoms with Crippen LogP contribution in [0.25, 0.3) is 0 Å². The first-order valence-electron chi connectivity index (χ1n) is 12.1. The molecule has 4 rings (SSSR count). The fraction of sp³-hybridized carbons (Fsp3) is 0.333. The molecule has 1 atom stereocenters. The van der Waals surface area contributed by atoms with Crippen LogP contribution in [0.4, 0.5) is 10.5 Å². The van der Waals surface area contributed by atoms with Crippen LogP contribution in [-0.4, -0.2) is 42.5 Å². The van der Waals surface area contributed by atoms with Gasteiger partial charge in [-0.15, -0.1) is 0 Å². The van der Waals surface area contributed by atoms with Crippen LogP contribution in [0.5, 0.6) is 0 Å². The van der Waals surface area contributed by atoms with Crippen LogP contribution >= 0.6 is 0 Å². The molecule has 182 valence electrons. The van der Waals surface area contributed by atoms with Crippen LogP contribution in [0.1, 0.15) is 50.3 Å². The molecule has 1 amide bonds. The molecule has 35 heavy (non-hydrogen) atoms. The van der Waals surface area contributed by atoms with Gasteiger partial charge in [0, 0.05) is 24.8 Å². The number of amides is 1. The highest BCUT2D eigenvalue weighted by Crippen LogP contribution is 2.36. The Balaban J connectivity index is 1.61. The number of ether oxygens (including phenoxy) is 2. The van der Waals surface area contributed by atoms with E-state index >= 15 is 0 Å². The molecule has 0 spiro atoms. The van der Waals surface area contributed by atoms with Crippen molar-refractivity contribution in [1.29, 1.82) is 0 Å². The first-order valence-corrected chi connectivity index (χ1v) is 12.1. The number of piperidine rings is 1. The molecule has 1 saturated heterocycles. The summed E-state index contributed by atoms with van der Waals surface area (Å²) in [5, 5.41) is 0. The Bertz CT molecular complexity index is 1110. The zero-order valence-corrected chi connectivity index (χ0v) is 21.0. The molecule has 1 aliphatic rings. The molecule has 0 N–H and O–H groups in total. The van der Waals surface area contributed by atoms with Crippen molar-refractivity contribution in [2.24, 2.45) is 4.99 Å². The summed E-state index contributed by atoms with van der Waals surface area (Å²) in [5.74, 6) is 0. The van der Waals surface area contributed by atoms with Crippen LogP contribution in [0, 0.1) is 0 Å². The molecule has 1 fully saturated rings. The summed E-state index contributed by atoms with van der Waals surface area (Å²) in [5.41, 5.74) is 3.86. The SMILES string of the molecule is COC1(c2ccc(N=C(c3ccccc3)c3ccccc3)cc2)CCCN(C(=O)OC(C)(C)C)C1. The second kappa shape index (κ2) is 10.4. The molecule has 0 bridgehead atoms. The summed E-state index contributed by atoms with van der Waals surface area (Å²) < 4.78 is 11.7. The van der Waals surface area contributed by atoms with Crippen molar-refractivity contribution < 1.29 is 14.3 Å². The van der Waals surface area contributed by atoms with Crippen molar-refractivity contribution in [1.82, 2.24) is 4.90 Å². The van der Waals surface area contributed by atoms with Gasteiger partial charge in [-0.05, 0) is 51.3 Å². The van der Waals surface area contributed by atoms with Crippen LogP contribution in [0.3, 0.4) is 0 Å². The molecule has 5 heteroatoms. The molecule has 0 aliphatic carbocycles. The van der Waals surface area contributed by atoms with Crippen molar-refractivity contribution in [3.05, 3.63) is 102 Å². The lowest BCUT2D eigenvalue weighted by Gasteiger charge is -2.42. The van der Waals surface area contributed by atoms with Gasteiger partial charge in [0.2, 0.25) is 0 Å². The number of benzene rings is 3. The number of carbonyl (C=O) groups excluding carboxylic acids is 1. The third kappa shape index (κ3) is 5.98. The van der Waals surface area contributed by atoms with Gasteiger partial charge < -0.3 is 14.4 Å². The average molecular weight is 471 g/mol. The molecule has 1 heterocycles. The third-order valence-corrected chi connectivity index (χ3v) is 6.23. The molecule has 0 aromatic heterocycles. The van der Waals surface area contributed by atoms with Gasteiger partial charge in [-0.3, -0.25) is 0 Å². The molecule has 0 saturated carbocycles. The topological polar surface area (TPSA) is 51.1 Å². The van der Waals surface area contributed by atoms with Crippen LogP contribution in [-0.2, 0) is 15.1 Å². The number of hydrogen-bond donors (Lipinski definition) is 0. The van der Waals surface area contributed by atoms with E-state index in [4.69, 9.17) is 14.5 Å². The van der Waals surface area contributed by atoms with Crippen molar-refractivity contribution >= 4 is 17.5 Å². The Labute approximate surface area is 208 Å². The van der Waals surface area contributed by atoms with E-state index in [2.05, 4.69) is 36.4 Å². The highest BCUT2D eigenvalue weighted by Gasteiger charge is 2.40. The van der Waals surface area contributed by atoms with Crippen molar-refractivity contribution in [3.63, 3.8) is 0 Å². The number of carbonyl (C=O) groups is 1. The van der Waals surface area contributed by atoms with Crippen molar-refractivity contribution in [2.75, 3.05) is 20.2 Å². The van der Waals surface area contributed by atoms with Crippen molar-refractivity contribution in [2.45, 2.75) is 44.8 Å². The molecular formula is C30H34N2O3. The Morgan fingerprint density at radius 1 is 0.886 bits per heavy atom. The van der Waals surface area contributed by atoms with Crippen LogP contribution in [0.2, 0.25) is 0 Å². The van der Waals surface area contributed by atoms with E-state index in [1.165, 1.54) is 0 Å². The predicted octanol–water partition coefficient (Wildman–Crippen LogP) is 6.73. The first kappa shape index (κ1) is 24.7. The van der Waals surface area contributed by atoms with E-state index in [-0.39, 0.29) is 6.09 Å². The van der Waals surface area contributed by atoms with Gasteiger partial charge in [-0.2, -0.15) is 0 Å². The minimum absolute atomic E-state index is 0.296. The van der Waals surface area contributed by atoms with E-state index in [9.17, 15) is 4.79 Å². The van der Waals surface area contributed by atoms with Gasteiger partial charge >= 0.3 is 6.09 Å². The van der Waals surface area contributed by atoms with Gasteiger partial charge in [-0.25, -0.2) is 9.79 Å². The number of methoxy groups -OCH3 is 1. The van der Waals surface area contributed by atoms with E-state index in [1.54, 1.807) is 12.0 Å². The van der Waals surface area contributed by atoms with Crippen LogP contribution < -0.4 is 0 Å². The molecule has 5 nitrogen and oxygen atoms in total. The van der Waals surface area contributed by atoms with Crippen LogP contribution in [0.15, 0.2) is 89.9 Å². The number of rotatable bonds is 5. The second-order valence-corrected chi connectivity index (χ2v) is 9.94. The zero-order valence-electron chi connectivity index (χ0n) is 21.0. The maximum absolute atomic E-state index is 12.7. The maximum Gasteiger partial charge on any atom is 0.410 e. The minimum Gasteiger partial charge on any atom is -0.444 e. The quantitative estimate of drug-likeness (QED) is 0.389. The maximum atomic E-state index is 12.7. The van der Waals surface area contributed by atoms with Crippen molar-refractivity contribution in [3.8, 4) is 0 Å². The lowest BCUT2D eigenvalue weighted by molar-refractivity contribution is -0.0733. The number of likely N-dealkylation sites (tertiary alicyclic amines) is 1. The molecule has 0 radical (unpaired) electrons. The summed E-state index contributed by atoms with van der Waals surface area (Å²) in [6.07, 6.45) is 1.39. The molecule has 3 aromatic rings. The fourth-order valence-corrected chi connectivity index (χ4v) is 4.48. The van der Waals surface area contributed by atoms with Gasteiger partial charge in [-0.1, -0.05) is 72.8 Å². The monoisotopic (exact) mass is 470 g/mol. The Morgan fingerprint density at radius 2 is 1.46 bits per heavy atom. The van der Waals surface area contributed by atoms with E-state index in [0.717, 1.165) is 40.9 Å². The van der Waals surface area contributed by atoms with E-state index in [0.29, 0.717) is 13.1 Å². The fourth-order valence-electron chi connectivity index (χ4n) is 4.48. The Kier molecular flexibility index (Phi) is 7.37. The standard InChI is InChI=1S/C30H34N2O3/c1-29(2,3)35-28(33)32-21-11-20-30(22-32,34-4)25-16-18-26(19-17-25)31-27(23-12-7-5-8-13-23)24-14-9-6-10-15-24/h5-10,12-19H,11,20-22H2,1-4H3. The highest BCUT2D eigenvalue weighted by molar-refractivity contribution is 6.13. The van der Waals surface area contributed by atoms with Gasteiger partial charge in [0.15, 0.2) is 0 Å². The summed E-state index contributed by atoms with van der Waals surface area (Å²) in [7, 11) is 1.72. The Morgan fingerprint density at radius 3 is 1.97 bits per heavy atom. The smallest absolute Gasteiger partial charge is 0.410 e. The second-order valence-electron chi connectivity index (χ2n) is 9.94. The summed E-state index contributed by atoms with van der Waals surface area (Å²) in [4.78, 5) is 19.5. The normalized spacial score (nSPS) is 18.1. The summed E-state index contributed by atoms with van der Waals surface area (Å²) in [6.45, 7) is 6.78. The van der Waals surface area contributed by atoms with E-state index < -0.39 is 11.2 Å².